The van der Waals surface area contributed by atoms with Gasteiger partial charge in [0.2, 0.25) is 5.91 Å². The van der Waals surface area contributed by atoms with Gasteiger partial charge < -0.3 is 15.4 Å². The molecule has 9 nitrogen and oxygen atoms in total. The van der Waals surface area contributed by atoms with Gasteiger partial charge in [-0.1, -0.05) is 6.07 Å². The van der Waals surface area contributed by atoms with Gasteiger partial charge in [-0.05, 0) is 56.0 Å². The fourth-order valence-corrected chi connectivity index (χ4v) is 4.61. The molecular weight excluding hydrogens is 376 g/mol. The number of carbonyl (C=O) groups is 2. The molecule has 0 radical (unpaired) electrons. The number of carboxylic acids is 1. The number of benzene rings is 1. The van der Waals surface area contributed by atoms with Crippen LogP contribution < -0.4 is 5.69 Å². The van der Waals surface area contributed by atoms with E-state index in [2.05, 4.69) is 0 Å². The van der Waals surface area contributed by atoms with Crippen molar-refractivity contribution < 1.29 is 14.7 Å². The SMILES string of the molecule is Cn1c(=O)n(C2CCC(=O)N([O-])C2)c2ccc(C3CCN(CC(=O)O)CC3)cc21. The molecule has 1 atom stereocenters. The Morgan fingerprint density at radius 1 is 1.17 bits per heavy atom. The number of carbonyl (C=O) groups excluding carboxylic acids is 1. The van der Waals surface area contributed by atoms with Crippen LogP contribution in [-0.4, -0.2) is 62.3 Å². The lowest BCUT2D eigenvalue weighted by atomic mass is 9.89. The quantitative estimate of drug-likeness (QED) is 0.826. The smallest absolute Gasteiger partial charge is 0.329 e. The van der Waals surface area contributed by atoms with Gasteiger partial charge in [0, 0.05) is 20.0 Å². The highest BCUT2D eigenvalue weighted by molar-refractivity contribution is 5.79. The Hall–Kier alpha value is -2.65. The molecule has 2 fully saturated rings. The van der Waals surface area contributed by atoms with E-state index in [9.17, 15) is 19.6 Å². The first-order chi connectivity index (χ1) is 13.8. The van der Waals surface area contributed by atoms with E-state index < -0.39 is 11.9 Å². The molecule has 9 heteroatoms. The highest BCUT2D eigenvalue weighted by Gasteiger charge is 2.27. The van der Waals surface area contributed by atoms with Crippen molar-refractivity contribution in [3.8, 4) is 0 Å². The Balaban J connectivity index is 1.59. The molecule has 0 aliphatic carbocycles. The maximum Gasteiger partial charge on any atom is 0.329 e. The number of aryl methyl sites for hydroxylation is 1. The topological polar surface area (TPSA) is 111 Å². The van der Waals surface area contributed by atoms with Crippen molar-refractivity contribution in [2.45, 2.75) is 37.6 Å². The van der Waals surface area contributed by atoms with Gasteiger partial charge in [-0.15, -0.1) is 0 Å². The molecule has 0 spiro atoms. The number of aliphatic carboxylic acids is 1. The largest absolute Gasteiger partial charge is 0.756 e. The van der Waals surface area contributed by atoms with Gasteiger partial charge in [-0.25, -0.2) is 4.79 Å². The standard InChI is InChI=1S/C20H25N4O5/c1-21-17-10-14(13-6-8-22(9-7-13)12-19(26)27)2-4-16(17)24(20(21)28)15-3-5-18(25)23(29)11-15/h2,4,10,13,15H,3,5-9,11-12H2,1H3,(H,26,27)/q-1. The summed E-state index contributed by atoms with van der Waals surface area (Å²) < 4.78 is 3.25. The lowest BCUT2D eigenvalue weighted by molar-refractivity contribution is -0.138. The molecule has 3 heterocycles. The van der Waals surface area contributed by atoms with Crippen LogP contribution in [0.2, 0.25) is 0 Å². The summed E-state index contributed by atoms with van der Waals surface area (Å²) in [5.74, 6) is -0.902. The number of rotatable bonds is 4. The molecule has 2 saturated heterocycles. The van der Waals surface area contributed by atoms with Crippen LogP contribution in [0.25, 0.3) is 11.0 Å². The number of piperidine rings is 2. The second-order valence-electron chi connectivity index (χ2n) is 8.05. The zero-order valence-corrected chi connectivity index (χ0v) is 16.4. The number of hydrogen-bond donors (Lipinski definition) is 1. The number of nitrogens with zero attached hydrogens (tertiary/aromatic N) is 4. The third-order valence-electron chi connectivity index (χ3n) is 6.24. The molecule has 0 saturated carbocycles. The van der Waals surface area contributed by atoms with E-state index in [1.54, 1.807) is 16.2 Å². The molecule has 1 N–H and O–H groups in total. The molecular formula is C20H25N4O5-. The summed E-state index contributed by atoms with van der Waals surface area (Å²) in [7, 11) is 1.73. The number of likely N-dealkylation sites (tertiary alicyclic amines) is 1. The second-order valence-corrected chi connectivity index (χ2v) is 8.05. The van der Waals surface area contributed by atoms with E-state index in [1.165, 1.54) is 0 Å². The van der Waals surface area contributed by atoms with E-state index in [-0.39, 0.29) is 31.2 Å². The van der Waals surface area contributed by atoms with Gasteiger partial charge in [0.25, 0.3) is 0 Å². The summed E-state index contributed by atoms with van der Waals surface area (Å²) in [4.78, 5) is 37.2. The van der Waals surface area contributed by atoms with Crippen LogP contribution in [0.1, 0.15) is 43.2 Å². The lowest BCUT2D eigenvalue weighted by Gasteiger charge is -2.37. The summed E-state index contributed by atoms with van der Waals surface area (Å²) in [6, 6.07) is 5.68. The van der Waals surface area contributed by atoms with Crippen LogP contribution in [0.15, 0.2) is 23.0 Å². The monoisotopic (exact) mass is 401 g/mol. The zero-order chi connectivity index (χ0) is 20.7. The number of amides is 1. The van der Waals surface area contributed by atoms with Crippen molar-refractivity contribution in [1.29, 1.82) is 0 Å². The van der Waals surface area contributed by atoms with Crippen LogP contribution >= 0.6 is 0 Å². The summed E-state index contributed by atoms with van der Waals surface area (Å²) in [6.45, 7) is 1.56. The van der Waals surface area contributed by atoms with E-state index in [0.29, 0.717) is 17.4 Å². The fourth-order valence-electron chi connectivity index (χ4n) is 4.61. The van der Waals surface area contributed by atoms with Gasteiger partial charge >= 0.3 is 11.7 Å². The second kappa shape index (κ2) is 7.64. The van der Waals surface area contributed by atoms with Gasteiger partial charge in [0.05, 0.1) is 23.6 Å². The minimum atomic E-state index is -0.803. The first kappa shape index (κ1) is 19.7. The molecule has 1 unspecified atom stereocenters. The summed E-state index contributed by atoms with van der Waals surface area (Å²) in [6.07, 6.45) is 2.40. The normalized spacial score (nSPS) is 21.8. The Morgan fingerprint density at radius 2 is 1.90 bits per heavy atom. The highest BCUT2D eigenvalue weighted by atomic mass is 16.5. The Labute approximate surface area is 167 Å². The number of aromatic nitrogens is 2. The number of hydrogen-bond acceptors (Lipinski definition) is 5. The average Bonchev–Trinajstić information content (AvgIpc) is 2.94. The Morgan fingerprint density at radius 3 is 2.55 bits per heavy atom. The van der Waals surface area contributed by atoms with E-state index >= 15 is 0 Å². The third-order valence-corrected chi connectivity index (χ3v) is 6.24. The van der Waals surface area contributed by atoms with Crippen molar-refractivity contribution in [1.82, 2.24) is 19.1 Å². The molecule has 1 amide bonds. The van der Waals surface area contributed by atoms with Crippen molar-refractivity contribution >= 4 is 22.9 Å². The maximum absolute atomic E-state index is 12.9. The van der Waals surface area contributed by atoms with Crippen LogP contribution in [0.3, 0.4) is 0 Å². The maximum atomic E-state index is 12.9. The predicted octanol–water partition coefficient (Wildman–Crippen LogP) is 1.27. The van der Waals surface area contributed by atoms with Crippen molar-refractivity contribution in [2.24, 2.45) is 7.05 Å². The van der Waals surface area contributed by atoms with Gasteiger partial charge in [-0.2, -0.15) is 0 Å². The zero-order valence-electron chi connectivity index (χ0n) is 16.4. The van der Waals surface area contributed by atoms with Crippen LogP contribution in [0, 0.1) is 5.21 Å². The summed E-state index contributed by atoms with van der Waals surface area (Å²) in [5, 5.41) is 21.2. The summed E-state index contributed by atoms with van der Waals surface area (Å²) in [5.41, 5.74) is 2.55. The number of imidazole rings is 1. The van der Waals surface area contributed by atoms with Crippen molar-refractivity contribution in [3.05, 3.63) is 39.5 Å². The first-order valence-corrected chi connectivity index (χ1v) is 9.97. The number of carboxylic acid groups (broad SMARTS) is 1. The fraction of sp³-hybridized carbons (Fsp3) is 0.550. The minimum absolute atomic E-state index is 0.00163. The highest BCUT2D eigenvalue weighted by Crippen LogP contribution is 2.31. The summed E-state index contributed by atoms with van der Waals surface area (Å²) >= 11 is 0. The van der Waals surface area contributed by atoms with E-state index in [1.807, 2.05) is 23.1 Å². The molecule has 2 aromatic rings. The molecule has 2 aliphatic heterocycles. The predicted molar refractivity (Wildman–Crippen MR) is 107 cm³/mol. The lowest BCUT2D eigenvalue weighted by Crippen LogP contribution is -2.40. The molecule has 1 aromatic carbocycles. The first-order valence-electron chi connectivity index (χ1n) is 9.97. The van der Waals surface area contributed by atoms with Crippen LogP contribution in [0.5, 0.6) is 0 Å². The molecule has 1 aromatic heterocycles. The molecule has 2 aliphatic rings. The van der Waals surface area contributed by atoms with Crippen LogP contribution in [-0.2, 0) is 16.6 Å². The van der Waals surface area contributed by atoms with Gasteiger partial charge in [0.1, 0.15) is 0 Å². The molecule has 4 rings (SSSR count). The van der Waals surface area contributed by atoms with Crippen molar-refractivity contribution in [3.63, 3.8) is 0 Å². The van der Waals surface area contributed by atoms with Crippen molar-refractivity contribution in [2.75, 3.05) is 26.2 Å². The van der Waals surface area contributed by atoms with Gasteiger partial charge in [-0.3, -0.25) is 23.6 Å². The Bertz CT molecular complexity index is 1000. The Kier molecular flexibility index (Phi) is 5.18. The molecule has 156 valence electrons. The molecule has 29 heavy (non-hydrogen) atoms. The third kappa shape index (κ3) is 3.67. The van der Waals surface area contributed by atoms with E-state index in [4.69, 9.17) is 5.11 Å². The number of hydroxylamine groups is 2. The minimum Gasteiger partial charge on any atom is -0.756 e. The van der Waals surface area contributed by atoms with Gasteiger partial charge in [0.15, 0.2) is 0 Å². The molecule has 0 bridgehead atoms. The van der Waals surface area contributed by atoms with Crippen LogP contribution in [0.4, 0.5) is 0 Å². The van der Waals surface area contributed by atoms with E-state index in [0.717, 1.165) is 42.5 Å². The average molecular weight is 401 g/mol. The number of fused-ring (bicyclic) bond motifs is 1.